The summed E-state index contributed by atoms with van der Waals surface area (Å²) in [6, 6.07) is 7.82. The van der Waals surface area contributed by atoms with Crippen molar-refractivity contribution in [2.24, 2.45) is 4.99 Å². The summed E-state index contributed by atoms with van der Waals surface area (Å²) < 4.78 is 4.91. The van der Waals surface area contributed by atoms with Crippen LogP contribution in [0.15, 0.2) is 33.8 Å². The van der Waals surface area contributed by atoms with E-state index in [1.54, 1.807) is 14.0 Å². The van der Waals surface area contributed by atoms with Crippen LogP contribution in [-0.4, -0.2) is 29.7 Å². The molecule has 1 heterocycles. The third kappa shape index (κ3) is 5.07. The fraction of sp³-hybridized carbons (Fsp3) is 0.357. The smallest absolute Gasteiger partial charge is 0.223 e. The van der Waals surface area contributed by atoms with Gasteiger partial charge in [-0.1, -0.05) is 28.9 Å². The number of benzene rings is 1. The van der Waals surface area contributed by atoms with Crippen LogP contribution in [0.1, 0.15) is 17.3 Å². The van der Waals surface area contributed by atoms with Gasteiger partial charge >= 0.3 is 0 Å². The molecule has 0 radical (unpaired) electrons. The van der Waals surface area contributed by atoms with Crippen LogP contribution < -0.4 is 10.6 Å². The molecule has 0 atom stereocenters. The van der Waals surface area contributed by atoms with Gasteiger partial charge in [-0.3, -0.25) is 4.99 Å². The van der Waals surface area contributed by atoms with Crippen molar-refractivity contribution < 1.29 is 4.52 Å². The van der Waals surface area contributed by atoms with E-state index >= 15 is 0 Å². The summed E-state index contributed by atoms with van der Waals surface area (Å²) in [5.41, 5.74) is 1.18. The molecular formula is C14H18ClN5O. The summed E-state index contributed by atoms with van der Waals surface area (Å²) in [4.78, 5) is 8.26. The van der Waals surface area contributed by atoms with E-state index in [1.807, 2.05) is 24.3 Å². The van der Waals surface area contributed by atoms with E-state index in [2.05, 4.69) is 25.8 Å². The topological polar surface area (TPSA) is 75.3 Å². The van der Waals surface area contributed by atoms with E-state index in [0.29, 0.717) is 24.2 Å². The summed E-state index contributed by atoms with van der Waals surface area (Å²) >= 11 is 5.95. The van der Waals surface area contributed by atoms with Crippen LogP contribution >= 0.6 is 11.6 Å². The lowest BCUT2D eigenvalue weighted by atomic mass is 10.1. The maximum absolute atomic E-state index is 5.95. The van der Waals surface area contributed by atoms with E-state index in [0.717, 1.165) is 18.0 Å². The summed E-state index contributed by atoms with van der Waals surface area (Å²) in [5, 5.41) is 10.9. The lowest BCUT2D eigenvalue weighted by molar-refractivity contribution is 0.387. The number of hydrogen-bond acceptors (Lipinski definition) is 4. The third-order valence-electron chi connectivity index (χ3n) is 2.80. The van der Waals surface area contributed by atoms with Gasteiger partial charge in [-0.15, -0.1) is 0 Å². The van der Waals surface area contributed by atoms with Gasteiger partial charge in [-0.05, 0) is 24.1 Å². The van der Waals surface area contributed by atoms with Crippen molar-refractivity contribution in [3.63, 3.8) is 0 Å². The first-order valence-corrected chi connectivity index (χ1v) is 7.03. The summed E-state index contributed by atoms with van der Waals surface area (Å²) in [6.45, 7) is 2.98. The van der Waals surface area contributed by atoms with Crippen LogP contribution in [0.4, 0.5) is 0 Å². The zero-order valence-electron chi connectivity index (χ0n) is 12.1. The normalized spacial score (nSPS) is 11.5. The minimum absolute atomic E-state index is 0.466. The van der Waals surface area contributed by atoms with Crippen molar-refractivity contribution >= 4 is 17.6 Å². The molecule has 1 aromatic carbocycles. The van der Waals surface area contributed by atoms with Gasteiger partial charge in [0.1, 0.15) is 0 Å². The highest BCUT2D eigenvalue weighted by atomic mass is 35.5. The van der Waals surface area contributed by atoms with E-state index in [4.69, 9.17) is 16.1 Å². The minimum Gasteiger partial charge on any atom is -0.356 e. The average Bonchev–Trinajstić information content (AvgIpc) is 2.88. The van der Waals surface area contributed by atoms with E-state index in [9.17, 15) is 0 Å². The second-order valence-corrected chi connectivity index (χ2v) is 4.90. The van der Waals surface area contributed by atoms with Gasteiger partial charge in [0.25, 0.3) is 0 Å². The van der Waals surface area contributed by atoms with Crippen LogP contribution in [-0.2, 0) is 13.0 Å². The Bertz CT molecular complexity index is 611. The van der Waals surface area contributed by atoms with Gasteiger partial charge < -0.3 is 15.2 Å². The zero-order valence-corrected chi connectivity index (χ0v) is 12.8. The first-order chi connectivity index (χ1) is 10.2. The molecule has 0 aliphatic carbocycles. The molecule has 0 saturated carbocycles. The molecule has 21 heavy (non-hydrogen) atoms. The summed E-state index contributed by atoms with van der Waals surface area (Å²) in [7, 11) is 1.72. The van der Waals surface area contributed by atoms with Crippen molar-refractivity contribution in [1.82, 2.24) is 20.8 Å². The number of nitrogens with zero attached hydrogens (tertiary/aromatic N) is 3. The first kappa shape index (κ1) is 15.3. The molecule has 112 valence electrons. The Hall–Kier alpha value is -2.08. The number of nitrogens with one attached hydrogen (secondary N) is 2. The minimum atomic E-state index is 0.466. The molecule has 0 aliphatic rings. The van der Waals surface area contributed by atoms with Gasteiger partial charge in [-0.25, -0.2) is 0 Å². The van der Waals surface area contributed by atoms with E-state index in [1.165, 1.54) is 5.56 Å². The Morgan fingerprint density at radius 1 is 1.38 bits per heavy atom. The molecule has 0 amide bonds. The predicted molar refractivity (Wildman–Crippen MR) is 82.4 cm³/mol. The number of halogens is 1. The quantitative estimate of drug-likeness (QED) is 0.652. The zero-order chi connectivity index (χ0) is 15.1. The van der Waals surface area contributed by atoms with E-state index < -0.39 is 0 Å². The number of guanidine groups is 1. The molecule has 1 aromatic heterocycles. The predicted octanol–water partition coefficient (Wildman–Crippen LogP) is 1.94. The summed E-state index contributed by atoms with van der Waals surface area (Å²) in [6.07, 6.45) is 0.864. The molecule has 2 N–H and O–H groups in total. The number of aliphatic imine (C=N–C) groups is 1. The molecule has 0 spiro atoms. The maximum Gasteiger partial charge on any atom is 0.223 e. The highest BCUT2D eigenvalue weighted by molar-refractivity contribution is 6.30. The van der Waals surface area contributed by atoms with Crippen molar-refractivity contribution in [3.8, 4) is 0 Å². The number of aromatic nitrogens is 2. The van der Waals surface area contributed by atoms with E-state index in [-0.39, 0.29) is 0 Å². The largest absolute Gasteiger partial charge is 0.356 e. The standard InChI is InChI=1S/C14H18ClN5O/c1-10-19-13(20-21-10)9-18-14(16-2)17-7-6-11-4-3-5-12(15)8-11/h3-5,8H,6-7,9H2,1-2H3,(H2,16,17,18). The highest BCUT2D eigenvalue weighted by Crippen LogP contribution is 2.10. The Balaban J connectivity index is 1.75. The monoisotopic (exact) mass is 307 g/mol. The molecule has 0 unspecified atom stereocenters. The SMILES string of the molecule is CN=C(NCCc1cccc(Cl)c1)NCc1noc(C)n1. The highest BCUT2D eigenvalue weighted by Gasteiger charge is 2.03. The maximum atomic E-state index is 5.95. The molecule has 2 rings (SSSR count). The average molecular weight is 308 g/mol. The lowest BCUT2D eigenvalue weighted by Crippen LogP contribution is -2.38. The van der Waals surface area contributed by atoms with Crippen LogP contribution in [0.25, 0.3) is 0 Å². The molecule has 6 nitrogen and oxygen atoms in total. The third-order valence-corrected chi connectivity index (χ3v) is 3.04. The Labute approximate surface area is 128 Å². The Morgan fingerprint density at radius 2 is 2.24 bits per heavy atom. The molecule has 0 saturated heterocycles. The molecule has 0 fully saturated rings. The second-order valence-electron chi connectivity index (χ2n) is 4.46. The lowest BCUT2D eigenvalue weighted by Gasteiger charge is -2.10. The fourth-order valence-corrected chi connectivity index (χ4v) is 2.03. The fourth-order valence-electron chi connectivity index (χ4n) is 1.81. The van der Waals surface area contributed by atoms with Crippen molar-refractivity contribution in [1.29, 1.82) is 0 Å². The van der Waals surface area contributed by atoms with Crippen molar-refractivity contribution in [3.05, 3.63) is 46.6 Å². The summed E-state index contributed by atoms with van der Waals surface area (Å²) in [5.74, 6) is 1.85. The van der Waals surface area contributed by atoms with Gasteiger partial charge in [0.15, 0.2) is 11.8 Å². The molecule has 0 bridgehead atoms. The van der Waals surface area contributed by atoms with Gasteiger partial charge in [0.2, 0.25) is 5.89 Å². The second kappa shape index (κ2) is 7.64. The number of rotatable bonds is 5. The van der Waals surface area contributed by atoms with Crippen LogP contribution in [0.2, 0.25) is 5.02 Å². The first-order valence-electron chi connectivity index (χ1n) is 6.65. The van der Waals surface area contributed by atoms with Crippen LogP contribution in [0, 0.1) is 6.92 Å². The number of hydrogen-bond donors (Lipinski definition) is 2. The molecule has 2 aromatic rings. The van der Waals surface area contributed by atoms with Gasteiger partial charge in [0.05, 0.1) is 6.54 Å². The van der Waals surface area contributed by atoms with Gasteiger partial charge in [0, 0.05) is 25.5 Å². The Kier molecular flexibility index (Phi) is 5.57. The Morgan fingerprint density at radius 3 is 2.90 bits per heavy atom. The van der Waals surface area contributed by atoms with Crippen molar-refractivity contribution in [2.75, 3.05) is 13.6 Å². The van der Waals surface area contributed by atoms with Gasteiger partial charge in [-0.2, -0.15) is 4.98 Å². The van der Waals surface area contributed by atoms with Crippen molar-refractivity contribution in [2.45, 2.75) is 19.9 Å². The van der Waals surface area contributed by atoms with Crippen LogP contribution in [0.5, 0.6) is 0 Å². The molecule has 0 aliphatic heterocycles. The number of aryl methyl sites for hydroxylation is 1. The molecular weight excluding hydrogens is 290 g/mol. The molecule has 7 heteroatoms. The van der Waals surface area contributed by atoms with Crippen LogP contribution in [0.3, 0.4) is 0 Å².